The molecule has 0 bridgehead atoms. The molecule has 3 aromatic rings. The zero-order valence-electron chi connectivity index (χ0n) is 12.0. The van der Waals surface area contributed by atoms with E-state index in [4.69, 9.17) is 4.42 Å². The van der Waals surface area contributed by atoms with Gasteiger partial charge in [-0.1, -0.05) is 30.3 Å². The number of anilines is 1. The van der Waals surface area contributed by atoms with E-state index < -0.39 is 0 Å². The Morgan fingerprint density at radius 2 is 1.73 bits per heavy atom. The maximum absolute atomic E-state index is 12.9. The van der Waals surface area contributed by atoms with Gasteiger partial charge < -0.3 is 9.73 Å². The van der Waals surface area contributed by atoms with Crippen LogP contribution in [-0.4, -0.2) is 5.91 Å². The van der Waals surface area contributed by atoms with E-state index in [2.05, 4.69) is 5.32 Å². The average molecular weight is 295 g/mol. The van der Waals surface area contributed by atoms with E-state index >= 15 is 0 Å². The summed E-state index contributed by atoms with van der Waals surface area (Å²) in [6.45, 7) is 1.74. The number of halogens is 1. The molecule has 1 heterocycles. The molecule has 1 amide bonds. The van der Waals surface area contributed by atoms with E-state index in [-0.39, 0.29) is 11.7 Å². The first kappa shape index (κ1) is 14.1. The summed E-state index contributed by atoms with van der Waals surface area (Å²) in [5, 5.41) is 2.73. The number of furan rings is 1. The van der Waals surface area contributed by atoms with Gasteiger partial charge in [0.2, 0.25) is 0 Å². The third-order valence-corrected chi connectivity index (χ3v) is 3.32. The highest BCUT2D eigenvalue weighted by atomic mass is 19.1. The van der Waals surface area contributed by atoms with Gasteiger partial charge in [0.1, 0.15) is 17.3 Å². The summed E-state index contributed by atoms with van der Waals surface area (Å²) in [5.74, 6) is 0.555. The number of nitrogens with one attached hydrogen (secondary N) is 1. The fourth-order valence-corrected chi connectivity index (χ4v) is 2.18. The normalized spacial score (nSPS) is 10.5. The first-order chi connectivity index (χ1) is 10.6. The van der Waals surface area contributed by atoms with Gasteiger partial charge >= 0.3 is 0 Å². The highest BCUT2D eigenvalue weighted by Crippen LogP contribution is 2.25. The molecule has 22 heavy (non-hydrogen) atoms. The highest BCUT2D eigenvalue weighted by molar-refractivity contribution is 6.05. The van der Waals surface area contributed by atoms with Crippen molar-refractivity contribution >= 4 is 11.6 Å². The van der Waals surface area contributed by atoms with Crippen molar-refractivity contribution in [3.05, 3.63) is 77.8 Å². The van der Waals surface area contributed by atoms with Crippen molar-refractivity contribution in [1.82, 2.24) is 0 Å². The van der Waals surface area contributed by atoms with Crippen LogP contribution in [0.3, 0.4) is 0 Å². The van der Waals surface area contributed by atoms with Crippen molar-refractivity contribution < 1.29 is 13.6 Å². The maximum Gasteiger partial charge on any atom is 0.259 e. The van der Waals surface area contributed by atoms with Crippen molar-refractivity contribution in [3.8, 4) is 11.3 Å². The van der Waals surface area contributed by atoms with Crippen molar-refractivity contribution in [2.75, 3.05) is 5.32 Å². The fraction of sp³-hybridized carbons (Fsp3) is 0.0556. The first-order valence-corrected chi connectivity index (χ1v) is 6.86. The second-order valence-corrected chi connectivity index (χ2v) is 4.91. The minimum absolute atomic E-state index is 0.282. The second-order valence-electron chi connectivity index (χ2n) is 4.91. The third-order valence-electron chi connectivity index (χ3n) is 3.32. The molecule has 0 saturated carbocycles. The summed E-state index contributed by atoms with van der Waals surface area (Å²) in [4.78, 5) is 12.3. The Morgan fingerprint density at radius 3 is 2.41 bits per heavy atom. The molecular formula is C18H14FNO2. The number of aryl methyl sites for hydroxylation is 1. The number of rotatable bonds is 3. The van der Waals surface area contributed by atoms with Crippen molar-refractivity contribution in [2.45, 2.75) is 6.92 Å². The summed E-state index contributed by atoms with van der Waals surface area (Å²) >= 11 is 0. The van der Waals surface area contributed by atoms with Crippen LogP contribution in [0.2, 0.25) is 0 Å². The lowest BCUT2D eigenvalue weighted by Crippen LogP contribution is -2.11. The molecule has 0 radical (unpaired) electrons. The van der Waals surface area contributed by atoms with Crippen LogP contribution in [0.15, 0.2) is 65.1 Å². The summed E-state index contributed by atoms with van der Waals surface area (Å²) in [6, 6.07) is 16.9. The van der Waals surface area contributed by atoms with Crippen molar-refractivity contribution in [1.29, 1.82) is 0 Å². The third kappa shape index (κ3) is 2.91. The molecule has 4 heteroatoms. The van der Waals surface area contributed by atoms with Crippen LogP contribution >= 0.6 is 0 Å². The molecule has 2 aromatic carbocycles. The van der Waals surface area contributed by atoms with Crippen LogP contribution in [0.4, 0.5) is 10.1 Å². The number of benzene rings is 2. The number of hydrogen-bond acceptors (Lipinski definition) is 2. The van der Waals surface area contributed by atoms with Gasteiger partial charge in [-0.3, -0.25) is 4.79 Å². The molecule has 3 rings (SSSR count). The Morgan fingerprint density at radius 1 is 1.05 bits per heavy atom. The lowest BCUT2D eigenvalue weighted by Gasteiger charge is -2.03. The maximum atomic E-state index is 12.9. The molecule has 0 aliphatic rings. The monoisotopic (exact) mass is 295 g/mol. The summed E-state index contributed by atoms with van der Waals surface area (Å²) in [6.07, 6.45) is 0. The van der Waals surface area contributed by atoms with Crippen LogP contribution in [0.5, 0.6) is 0 Å². The number of carbonyl (C=O) groups excluding carboxylic acids is 1. The minimum atomic E-state index is -0.344. The second kappa shape index (κ2) is 5.85. The van der Waals surface area contributed by atoms with E-state index in [1.807, 2.05) is 30.3 Å². The van der Waals surface area contributed by atoms with E-state index in [0.29, 0.717) is 22.8 Å². The molecule has 0 spiro atoms. The zero-order valence-corrected chi connectivity index (χ0v) is 12.0. The van der Waals surface area contributed by atoms with Gasteiger partial charge in [0.05, 0.1) is 5.56 Å². The van der Waals surface area contributed by atoms with Crippen LogP contribution in [0, 0.1) is 12.7 Å². The van der Waals surface area contributed by atoms with E-state index in [0.717, 1.165) is 5.56 Å². The fourth-order valence-electron chi connectivity index (χ4n) is 2.18. The molecule has 110 valence electrons. The largest absolute Gasteiger partial charge is 0.461 e. The molecule has 0 unspecified atom stereocenters. The SMILES string of the molecule is Cc1oc(-c2ccccc2)cc1C(=O)Nc1ccc(F)cc1. The quantitative estimate of drug-likeness (QED) is 0.764. The average Bonchev–Trinajstić information content (AvgIpc) is 2.92. The molecule has 0 aliphatic heterocycles. The smallest absolute Gasteiger partial charge is 0.259 e. The van der Waals surface area contributed by atoms with Gasteiger partial charge in [-0.25, -0.2) is 4.39 Å². The molecule has 1 N–H and O–H groups in total. The van der Waals surface area contributed by atoms with Gasteiger partial charge in [-0.2, -0.15) is 0 Å². The van der Waals surface area contributed by atoms with Gasteiger partial charge in [0, 0.05) is 11.3 Å². The van der Waals surface area contributed by atoms with Crippen molar-refractivity contribution in [2.24, 2.45) is 0 Å². The molecule has 0 atom stereocenters. The molecule has 1 aromatic heterocycles. The Hall–Kier alpha value is -2.88. The van der Waals surface area contributed by atoms with Gasteiger partial charge in [0.15, 0.2) is 0 Å². The summed E-state index contributed by atoms with van der Waals surface area (Å²) in [7, 11) is 0. The van der Waals surface area contributed by atoms with E-state index in [9.17, 15) is 9.18 Å². The lowest BCUT2D eigenvalue weighted by atomic mass is 10.1. The van der Waals surface area contributed by atoms with E-state index in [1.54, 1.807) is 13.0 Å². The summed E-state index contributed by atoms with van der Waals surface area (Å²) < 4.78 is 18.5. The Labute approximate surface area is 127 Å². The van der Waals surface area contributed by atoms with Gasteiger partial charge in [0.25, 0.3) is 5.91 Å². The molecule has 0 saturated heterocycles. The van der Waals surface area contributed by atoms with E-state index in [1.165, 1.54) is 24.3 Å². The topological polar surface area (TPSA) is 42.2 Å². The molecular weight excluding hydrogens is 281 g/mol. The molecule has 3 nitrogen and oxygen atoms in total. The van der Waals surface area contributed by atoms with Gasteiger partial charge in [-0.15, -0.1) is 0 Å². The minimum Gasteiger partial charge on any atom is -0.461 e. The zero-order chi connectivity index (χ0) is 15.5. The van der Waals surface area contributed by atoms with Crippen molar-refractivity contribution in [3.63, 3.8) is 0 Å². The number of amides is 1. The molecule has 0 aliphatic carbocycles. The predicted molar refractivity (Wildman–Crippen MR) is 83.2 cm³/mol. The Bertz CT molecular complexity index is 792. The lowest BCUT2D eigenvalue weighted by molar-refractivity contribution is 0.102. The highest BCUT2D eigenvalue weighted by Gasteiger charge is 2.16. The predicted octanol–water partition coefficient (Wildman–Crippen LogP) is 4.65. The van der Waals surface area contributed by atoms with Gasteiger partial charge in [-0.05, 0) is 37.3 Å². The van der Waals surface area contributed by atoms with Crippen LogP contribution in [-0.2, 0) is 0 Å². The van der Waals surface area contributed by atoms with Crippen LogP contribution in [0.1, 0.15) is 16.1 Å². The van der Waals surface area contributed by atoms with Crippen LogP contribution < -0.4 is 5.32 Å². The number of hydrogen-bond donors (Lipinski definition) is 1. The van der Waals surface area contributed by atoms with Crippen LogP contribution in [0.25, 0.3) is 11.3 Å². The first-order valence-electron chi connectivity index (χ1n) is 6.86. The summed E-state index contributed by atoms with van der Waals surface area (Å²) in [5.41, 5.74) is 1.91. The Balaban J connectivity index is 1.84. The molecule has 0 fully saturated rings. The number of carbonyl (C=O) groups is 1. The standard InChI is InChI=1S/C18H14FNO2/c1-12-16(11-17(22-12)13-5-3-2-4-6-13)18(21)20-15-9-7-14(19)8-10-15/h2-11H,1H3,(H,20,21). The Kier molecular flexibility index (Phi) is 3.74.